The van der Waals surface area contributed by atoms with Crippen LogP contribution >= 0.6 is 11.6 Å². The number of nitrogens with zero attached hydrogens (tertiary/aromatic N) is 5. The van der Waals surface area contributed by atoms with E-state index in [0.29, 0.717) is 46.5 Å². The number of halogens is 2. The molecule has 0 radical (unpaired) electrons. The summed E-state index contributed by atoms with van der Waals surface area (Å²) in [4.78, 5) is 8.70. The van der Waals surface area contributed by atoms with Crippen molar-refractivity contribution in [3.05, 3.63) is 40.4 Å². The summed E-state index contributed by atoms with van der Waals surface area (Å²) in [6.45, 7) is 3.02. The zero-order chi connectivity index (χ0) is 17.1. The fourth-order valence-electron chi connectivity index (χ4n) is 2.30. The molecule has 1 N–H and O–H groups in total. The van der Waals surface area contributed by atoms with E-state index < -0.39 is 5.82 Å². The second-order valence-electron chi connectivity index (χ2n) is 5.16. The number of benzene rings is 1. The molecule has 0 saturated carbocycles. The van der Waals surface area contributed by atoms with Crippen molar-refractivity contribution in [2.45, 2.75) is 13.5 Å². The second kappa shape index (κ2) is 7.06. The van der Waals surface area contributed by atoms with E-state index in [9.17, 15) is 4.39 Å². The van der Waals surface area contributed by atoms with E-state index in [0.717, 1.165) is 0 Å². The maximum atomic E-state index is 14.0. The van der Waals surface area contributed by atoms with Gasteiger partial charge in [-0.05, 0) is 19.1 Å². The van der Waals surface area contributed by atoms with E-state index in [2.05, 4.69) is 25.6 Å². The third-order valence-corrected chi connectivity index (χ3v) is 3.80. The van der Waals surface area contributed by atoms with Gasteiger partial charge in [-0.1, -0.05) is 22.9 Å². The van der Waals surface area contributed by atoms with Gasteiger partial charge in [0, 0.05) is 24.2 Å². The largest absolute Gasteiger partial charge is 0.383 e. The number of methoxy groups -OCH3 is 1. The lowest BCUT2D eigenvalue weighted by molar-refractivity contribution is 0.210. The minimum Gasteiger partial charge on any atom is -0.383 e. The first kappa shape index (κ1) is 16.5. The quantitative estimate of drug-likeness (QED) is 0.688. The Labute approximate surface area is 142 Å². The molecule has 3 aromatic rings. The Morgan fingerprint density at radius 3 is 2.92 bits per heavy atom. The van der Waals surface area contributed by atoms with Crippen LogP contribution in [0.25, 0.3) is 11.2 Å². The predicted molar refractivity (Wildman–Crippen MR) is 88.7 cm³/mol. The molecule has 126 valence electrons. The highest BCUT2D eigenvalue weighted by molar-refractivity contribution is 6.31. The third kappa shape index (κ3) is 3.29. The zero-order valence-corrected chi connectivity index (χ0v) is 14.0. The predicted octanol–water partition coefficient (Wildman–Crippen LogP) is 2.43. The van der Waals surface area contributed by atoms with Crippen LogP contribution in [0.3, 0.4) is 0 Å². The molecular weight excluding hydrogens is 335 g/mol. The zero-order valence-electron chi connectivity index (χ0n) is 13.3. The maximum Gasteiger partial charge on any atom is 0.184 e. The van der Waals surface area contributed by atoms with Crippen LogP contribution in [0.15, 0.2) is 18.2 Å². The molecule has 0 bridgehead atoms. The average molecular weight is 351 g/mol. The van der Waals surface area contributed by atoms with Crippen molar-refractivity contribution in [1.82, 2.24) is 25.0 Å². The minimum absolute atomic E-state index is 0.135. The van der Waals surface area contributed by atoms with Gasteiger partial charge in [-0.15, -0.1) is 5.10 Å². The van der Waals surface area contributed by atoms with Gasteiger partial charge in [0.05, 0.1) is 13.2 Å². The van der Waals surface area contributed by atoms with Gasteiger partial charge in [0.15, 0.2) is 17.0 Å². The molecule has 3 rings (SSSR count). The monoisotopic (exact) mass is 350 g/mol. The van der Waals surface area contributed by atoms with Crippen LogP contribution in [0.4, 0.5) is 10.2 Å². The van der Waals surface area contributed by atoms with E-state index in [-0.39, 0.29) is 6.54 Å². The smallest absolute Gasteiger partial charge is 0.184 e. The molecule has 7 nitrogen and oxygen atoms in total. The van der Waals surface area contributed by atoms with E-state index in [1.165, 1.54) is 10.7 Å². The third-order valence-electron chi connectivity index (χ3n) is 3.44. The number of fused-ring (bicyclic) bond motifs is 1. The Bertz CT molecular complexity index is 848. The lowest BCUT2D eigenvalue weighted by Gasteiger charge is -2.08. The average Bonchev–Trinajstić information content (AvgIpc) is 2.94. The van der Waals surface area contributed by atoms with E-state index in [1.54, 1.807) is 26.2 Å². The van der Waals surface area contributed by atoms with Gasteiger partial charge < -0.3 is 10.1 Å². The lowest BCUT2D eigenvalue weighted by atomic mass is 10.2. The maximum absolute atomic E-state index is 14.0. The van der Waals surface area contributed by atoms with Gasteiger partial charge in [0.1, 0.15) is 11.6 Å². The topological polar surface area (TPSA) is 77.8 Å². The normalized spacial score (nSPS) is 11.2. The number of aromatic nitrogens is 5. The first-order valence-electron chi connectivity index (χ1n) is 7.33. The molecule has 0 saturated heterocycles. The number of hydrogen-bond acceptors (Lipinski definition) is 6. The van der Waals surface area contributed by atoms with Gasteiger partial charge in [-0.3, -0.25) is 0 Å². The Hall–Kier alpha value is -2.32. The molecule has 9 heteroatoms. The Balaban J connectivity index is 1.98. The van der Waals surface area contributed by atoms with Crippen LogP contribution in [0.5, 0.6) is 0 Å². The molecule has 0 spiro atoms. The molecule has 24 heavy (non-hydrogen) atoms. The highest BCUT2D eigenvalue weighted by atomic mass is 35.5. The summed E-state index contributed by atoms with van der Waals surface area (Å²) in [5.41, 5.74) is 1.38. The van der Waals surface area contributed by atoms with E-state index in [4.69, 9.17) is 16.3 Å². The Kier molecular flexibility index (Phi) is 4.86. The second-order valence-corrected chi connectivity index (χ2v) is 5.57. The molecule has 0 aliphatic carbocycles. The van der Waals surface area contributed by atoms with Crippen molar-refractivity contribution in [2.24, 2.45) is 0 Å². The number of rotatable bonds is 6. The highest BCUT2D eigenvalue weighted by Gasteiger charge is 2.16. The molecule has 0 atom stereocenters. The van der Waals surface area contributed by atoms with Crippen molar-refractivity contribution in [3.8, 4) is 0 Å². The van der Waals surface area contributed by atoms with Crippen LogP contribution < -0.4 is 5.32 Å². The molecule has 0 amide bonds. The fraction of sp³-hybridized carbons (Fsp3) is 0.333. The van der Waals surface area contributed by atoms with Gasteiger partial charge in [0.2, 0.25) is 0 Å². The highest BCUT2D eigenvalue weighted by Crippen LogP contribution is 2.22. The fourth-order valence-corrected chi connectivity index (χ4v) is 2.52. The van der Waals surface area contributed by atoms with Crippen LogP contribution in [-0.4, -0.2) is 45.2 Å². The number of nitrogens with one attached hydrogen (secondary N) is 1. The van der Waals surface area contributed by atoms with Crippen molar-refractivity contribution < 1.29 is 9.13 Å². The van der Waals surface area contributed by atoms with Gasteiger partial charge >= 0.3 is 0 Å². The van der Waals surface area contributed by atoms with Crippen LogP contribution in [0.1, 0.15) is 11.4 Å². The van der Waals surface area contributed by atoms with Crippen molar-refractivity contribution >= 4 is 28.6 Å². The number of hydrogen-bond donors (Lipinski definition) is 1. The first-order valence-corrected chi connectivity index (χ1v) is 7.71. The van der Waals surface area contributed by atoms with Crippen molar-refractivity contribution in [1.29, 1.82) is 0 Å². The van der Waals surface area contributed by atoms with Crippen LogP contribution in [0.2, 0.25) is 5.02 Å². The number of aryl methyl sites for hydroxylation is 1. The summed E-state index contributed by atoms with van der Waals surface area (Å²) < 4.78 is 20.5. The molecule has 0 aliphatic heterocycles. The van der Waals surface area contributed by atoms with Crippen LogP contribution in [-0.2, 0) is 11.3 Å². The summed E-state index contributed by atoms with van der Waals surface area (Å²) >= 11 is 6.08. The van der Waals surface area contributed by atoms with Gasteiger partial charge in [-0.25, -0.2) is 19.0 Å². The Morgan fingerprint density at radius 2 is 2.17 bits per heavy atom. The van der Waals surface area contributed by atoms with E-state index >= 15 is 0 Å². The Morgan fingerprint density at radius 1 is 1.33 bits per heavy atom. The molecule has 0 aliphatic rings. The van der Waals surface area contributed by atoms with Crippen molar-refractivity contribution in [3.63, 3.8) is 0 Å². The molecule has 0 unspecified atom stereocenters. The molecular formula is C15H16ClFN6O. The van der Waals surface area contributed by atoms with Crippen molar-refractivity contribution in [2.75, 3.05) is 25.6 Å². The number of anilines is 1. The summed E-state index contributed by atoms with van der Waals surface area (Å²) in [7, 11) is 1.62. The molecule has 1 aromatic carbocycles. The standard InChI is InChI=1S/C15H16ClFN6O/c1-9-19-14(18-6-7-24-2)13-15(20-9)23(22-21-13)8-10-11(16)4-3-5-12(10)17/h3-5H,6-8H2,1-2H3,(H,18,19,20). The first-order chi connectivity index (χ1) is 11.6. The summed E-state index contributed by atoms with van der Waals surface area (Å²) in [6.07, 6.45) is 0. The number of ether oxygens (including phenoxy) is 1. The van der Waals surface area contributed by atoms with Crippen LogP contribution in [0, 0.1) is 12.7 Å². The molecule has 2 aromatic heterocycles. The molecule has 2 heterocycles. The molecule has 0 fully saturated rings. The van der Waals surface area contributed by atoms with Gasteiger partial charge in [0.25, 0.3) is 0 Å². The summed E-state index contributed by atoms with van der Waals surface area (Å²) in [6, 6.07) is 4.56. The van der Waals surface area contributed by atoms with E-state index in [1.807, 2.05) is 0 Å². The lowest BCUT2D eigenvalue weighted by Crippen LogP contribution is -2.11. The van der Waals surface area contributed by atoms with Gasteiger partial charge in [-0.2, -0.15) is 0 Å². The SMILES string of the molecule is COCCNc1nc(C)nc2c1nnn2Cc1c(F)cccc1Cl. The summed E-state index contributed by atoms with van der Waals surface area (Å²) in [5, 5.41) is 11.7. The minimum atomic E-state index is -0.393. The summed E-state index contributed by atoms with van der Waals surface area (Å²) in [5.74, 6) is 0.737.